The van der Waals surface area contributed by atoms with Gasteiger partial charge in [0.05, 0.1) is 14.2 Å². The number of benzene rings is 1. The van der Waals surface area contributed by atoms with Crippen molar-refractivity contribution in [3.8, 4) is 11.5 Å². The third-order valence-electron chi connectivity index (χ3n) is 5.01. The van der Waals surface area contributed by atoms with Crippen LogP contribution in [-0.4, -0.2) is 49.3 Å². The Morgan fingerprint density at radius 3 is 2.59 bits per heavy atom. The Hall–Kier alpha value is -1.89. The molecule has 2 aliphatic rings. The van der Waals surface area contributed by atoms with Crippen LogP contribution < -0.4 is 14.8 Å². The van der Waals surface area contributed by atoms with E-state index < -0.39 is 6.04 Å². The number of carbonyl (C=O) groups is 2. The Kier molecular flexibility index (Phi) is 6.52. The highest BCUT2D eigenvalue weighted by Gasteiger charge is 2.46. The number of nitrogens with one attached hydrogen (secondary N) is 1. The predicted octanol–water partition coefficient (Wildman–Crippen LogP) is 2.97. The summed E-state index contributed by atoms with van der Waals surface area (Å²) in [7, 11) is 3.20. The van der Waals surface area contributed by atoms with Crippen LogP contribution >= 0.6 is 11.8 Å². The minimum absolute atomic E-state index is 0.0482. The van der Waals surface area contributed by atoms with Gasteiger partial charge in [-0.05, 0) is 37.0 Å². The first-order valence-electron chi connectivity index (χ1n) is 9.54. The van der Waals surface area contributed by atoms with E-state index in [-0.39, 0.29) is 23.1 Å². The summed E-state index contributed by atoms with van der Waals surface area (Å²) in [5.74, 6) is 2.00. The van der Waals surface area contributed by atoms with E-state index >= 15 is 0 Å². The number of amides is 2. The molecule has 7 heteroatoms. The Labute approximate surface area is 165 Å². The fourth-order valence-electron chi connectivity index (χ4n) is 3.29. The predicted molar refractivity (Wildman–Crippen MR) is 106 cm³/mol. The lowest BCUT2D eigenvalue weighted by Gasteiger charge is -2.29. The summed E-state index contributed by atoms with van der Waals surface area (Å²) >= 11 is 1.63. The molecule has 148 valence electrons. The molecule has 0 bridgehead atoms. The van der Waals surface area contributed by atoms with Gasteiger partial charge in [-0.3, -0.25) is 9.59 Å². The second-order valence-corrected chi connectivity index (χ2v) is 8.09. The molecule has 2 amide bonds. The van der Waals surface area contributed by atoms with Crippen LogP contribution in [0.5, 0.6) is 11.5 Å². The molecule has 2 atom stereocenters. The van der Waals surface area contributed by atoms with Crippen LogP contribution in [-0.2, 0) is 9.59 Å². The van der Waals surface area contributed by atoms with Crippen molar-refractivity contribution in [1.82, 2.24) is 10.2 Å². The van der Waals surface area contributed by atoms with Gasteiger partial charge in [0.25, 0.3) is 0 Å². The van der Waals surface area contributed by atoms with E-state index in [1.54, 1.807) is 30.9 Å². The standard InChI is InChI=1S/C20H28N2O4S/c1-4-5-10-21-18(23)15-12-27-20(22(15)19(24)13-6-7-13)14-8-9-16(25-2)17(11-14)26-3/h8-9,11,13,15,20H,4-7,10,12H2,1-3H3,(H,21,23)/t15-,20+/m0/s1. The van der Waals surface area contributed by atoms with Gasteiger partial charge in [-0.25, -0.2) is 0 Å². The number of carbonyl (C=O) groups excluding carboxylic acids is 2. The van der Waals surface area contributed by atoms with Crippen molar-refractivity contribution < 1.29 is 19.1 Å². The lowest BCUT2D eigenvalue weighted by molar-refractivity contribution is -0.140. The summed E-state index contributed by atoms with van der Waals surface area (Å²) < 4.78 is 10.7. The van der Waals surface area contributed by atoms with Gasteiger partial charge in [0.2, 0.25) is 11.8 Å². The molecule has 1 N–H and O–H groups in total. The number of unbranched alkanes of at least 4 members (excludes halogenated alkanes) is 1. The van der Waals surface area contributed by atoms with E-state index in [9.17, 15) is 9.59 Å². The van der Waals surface area contributed by atoms with Gasteiger partial charge in [-0.1, -0.05) is 19.4 Å². The minimum atomic E-state index is -0.418. The summed E-state index contributed by atoms with van der Waals surface area (Å²) in [6.07, 6.45) is 3.81. The number of hydrogen-bond donors (Lipinski definition) is 1. The number of nitrogens with zero attached hydrogens (tertiary/aromatic N) is 1. The number of hydrogen-bond acceptors (Lipinski definition) is 5. The van der Waals surface area contributed by atoms with Crippen molar-refractivity contribution >= 4 is 23.6 Å². The summed E-state index contributed by atoms with van der Waals surface area (Å²) in [5.41, 5.74) is 0.954. The first-order chi connectivity index (χ1) is 13.1. The SMILES string of the molecule is CCCCNC(=O)[C@@H]1CS[C@H](c2ccc(OC)c(OC)c2)N1C(=O)C1CC1. The average Bonchev–Trinajstić information content (AvgIpc) is 3.45. The normalized spacial score (nSPS) is 21.8. The summed E-state index contributed by atoms with van der Waals surface area (Å²) in [5, 5.41) is 2.81. The fraction of sp³-hybridized carbons (Fsp3) is 0.600. The molecule has 3 rings (SSSR count). The summed E-state index contributed by atoms with van der Waals surface area (Å²) in [6, 6.07) is 5.28. The monoisotopic (exact) mass is 392 g/mol. The quantitative estimate of drug-likeness (QED) is 0.689. The van der Waals surface area contributed by atoms with Crippen molar-refractivity contribution in [2.24, 2.45) is 5.92 Å². The maximum absolute atomic E-state index is 13.0. The third-order valence-corrected chi connectivity index (χ3v) is 6.33. The summed E-state index contributed by atoms with van der Waals surface area (Å²) in [6.45, 7) is 2.75. The van der Waals surface area contributed by atoms with Crippen LogP contribution in [0.4, 0.5) is 0 Å². The lowest BCUT2D eigenvalue weighted by Crippen LogP contribution is -2.48. The molecule has 1 heterocycles. The van der Waals surface area contributed by atoms with Crippen LogP contribution in [0, 0.1) is 5.92 Å². The van der Waals surface area contributed by atoms with Gasteiger partial charge in [-0.2, -0.15) is 0 Å². The second-order valence-electron chi connectivity index (χ2n) is 6.98. The molecule has 0 aromatic heterocycles. The Bertz CT molecular complexity index is 693. The zero-order valence-electron chi connectivity index (χ0n) is 16.2. The van der Waals surface area contributed by atoms with Crippen molar-refractivity contribution in [3.05, 3.63) is 23.8 Å². The molecule has 1 saturated carbocycles. The topological polar surface area (TPSA) is 67.9 Å². The van der Waals surface area contributed by atoms with Crippen LogP contribution in [0.2, 0.25) is 0 Å². The molecular weight excluding hydrogens is 364 g/mol. The van der Waals surface area contributed by atoms with E-state index in [1.165, 1.54) is 0 Å². The Morgan fingerprint density at radius 2 is 1.96 bits per heavy atom. The van der Waals surface area contributed by atoms with Gasteiger partial charge in [0, 0.05) is 18.2 Å². The van der Waals surface area contributed by atoms with Crippen molar-refractivity contribution in [3.63, 3.8) is 0 Å². The maximum Gasteiger partial charge on any atom is 0.243 e. The zero-order valence-corrected chi connectivity index (χ0v) is 17.0. The van der Waals surface area contributed by atoms with Gasteiger partial charge in [0.15, 0.2) is 11.5 Å². The smallest absolute Gasteiger partial charge is 0.243 e. The third kappa shape index (κ3) is 4.34. The Morgan fingerprint density at radius 1 is 1.22 bits per heavy atom. The van der Waals surface area contributed by atoms with Crippen molar-refractivity contribution in [2.75, 3.05) is 26.5 Å². The molecule has 2 fully saturated rings. The molecular formula is C20H28N2O4S. The minimum Gasteiger partial charge on any atom is -0.493 e. The largest absolute Gasteiger partial charge is 0.493 e. The first-order valence-corrected chi connectivity index (χ1v) is 10.6. The number of methoxy groups -OCH3 is 2. The molecule has 0 spiro atoms. The van der Waals surface area contributed by atoms with Crippen LogP contribution in [0.3, 0.4) is 0 Å². The van der Waals surface area contributed by atoms with E-state index in [2.05, 4.69) is 12.2 Å². The van der Waals surface area contributed by atoms with Gasteiger partial charge in [0.1, 0.15) is 11.4 Å². The Balaban J connectivity index is 1.83. The molecule has 6 nitrogen and oxygen atoms in total. The highest BCUT2D eigenvalue weighted by molar-refractivity contribution is 7.99. The molecule has 0 radical (unpaired) electrons. The van der Waals surface area contributed by atoms with Crippen molar-refractivity contribution in [2.45, 2.75) is 44.0 Å². The van der Waals surface area contributed by atoms with Crippen LogP contribution in [0.25, 0.3) is 0 Å². The molecule has 0 unspecified atom stereocenters. The number of thioether (sulfide) groups is 1. The number of ether oxygens (including phenoxy) is 2. The summed E-state index contributed by atoms with van der Waals surface area (Å²) in [4.78, 5) is 27.5. The van der Waals surface area contributed by atoms with Gasteiger partial charge >= 0.3 is 0 Å². The molecule has 1 saturated heterocycles. The lowest BCUT2D eigenvalue weighted by atomic mass is 10.1. The van der Waals surface area contributed by atoms with Crippen LogP contribution in [0.1, 0.15) is 43.5 Å². The number of rotatable bonds is 8. The molecule has 1 aromatic carbocycles. The van der Waals surface area contributed by atoms with E-state index in [1.807, 2.05) is 18.2 Å². The average molecular weight is 393 g/mol. The molecule has 1 aromatic rings. The van der Waals surface area contributed by atoms with Gasteiger partial charge < -0.3 is 19.7 Å². The van der Waals surface area contributed by atoms with E-state index in [0.717, 1.165) is 31.2 Å². The fourth-order valence-corrected chi connectivity index (χ4v) is 4.72. The molecule has 27 heavy (non-hydrogen) atoms. The molecule has 1 aliphatic heterocycles. The van der Waals surface area contributed by atoms with Gasteiger partial charge in [-0.15, -0.1) is 11.8 Å². The van der Waals surface area contributed by atoms with Crippen molar-refractivity contribution in [1.29, 1.82) is 0 Å². The molecule has 1 aliphatic carbocycles. The van der Waals surface area contributed by atoms with Crippen LogP contribution in [0.15, 0.2) is 18.2 Å². The van der Waals surface area contributed by atoms with E-state index in [4.69, 9.17) is 9.47 Å². The highest BCUT2D eigenvalue weighted by Crippen LogP contribution is 2.46. The first kappa shape index (κ1) is 19.9. The highest BCUT2D eigenvalue weighted by atomic mass is 32.2. The van der Waals surface area contributed by atoms with E-state index in [0.29, 0.717) is 23.8 Å². The second kappa shape index (κ2) is 8.87. The maximum atomic E-state index is 13.0. The zero-order chi connectivity index (χ0) is 19.4.